The van der Waals surface area contributed by atoms with Crippen LogP contribution in [-0.2, 0) is 4.74 Å². The van der Waals surface area contributed by atoms with Crippen molar-refractivity contribution in [3.05, 3.63) is 0 Å². The first-order chi connectivity index (χ1) is 7.12. The molecule has 2 nitrogen and oxygen atoms in total. The molecular formula is C13H21NO. The van der Waals surface area contributed by atoms with Gasteiger partial charge >= 0.3 is 0 Å². The van der Waals surface area contributed by atoms with Gasteiger partial charge in [-0.3, -0.25) is 4.90 Å². The monoisotopic (exact) mass is 207 g/mol. The zero-order valence-corrected chi connectivity index (χ0v) is 10.0. The van der Waals surface area contributed by atoms with Crippen LogP contribution in [0.2, 0.25) is 0 Å². The lowest BCUT2D eigenvalue weighted by Crippen LogP contribution is -2.40. The molecule has 0 aromatic carbocycles. The first-order valence-corrected chi connectivity index (χ1v) is 5.98. The Morgan fingerprint density at radius 2 is 2.27 bits per heavy atom. The minimum atomic E-state index is 0.149. The standard InChI is InChI=1S/C13H21NO/c1-11(2)6-4-8-14-9-5-7-12(14)13(3)10-15-13/h11-12H,5,7-10H2,1-3H3/t12-,13-/m0/s1. The van der Waals surface area contributed by atoms with E-state index in [4.69, 9.17) is 4.74 Å². The van der Waals surface area contributed by atoms with Gasteiger partial charge in [-0.25, -0.2) is 0 Å². The van der Waals surface area contributed by atoms with Gasteiger partial charge in [0.05, 0.1) is 13.2 Å². The van der Waals surface area contributed by atoms with E-state index in [1.54, 1.807) is 0 Å². The molecule has 2 fully saturated rings. The highest BCUT2D eigenvalue weighted by Gasteiger charge is 2.50. The molecule has 0 aliphatic carbocycles. The third kappa shape index (κ3) is 2.53. The molecule has 2 heteroatoms. The van der Waals surface area contributed by atoms with Crippen LogP contribution in [0, 0.1) is 17.8 Å². The molecule has 0 N–H and O–H groups in total. The number of hydrogen-bond donors (Lipinski definition) is 0. The van der Waals surface area contributed by atoms with Crippen LogP contribution in [0.4, 0.5) is 0 Å². The molecule has 2 aliphatic heterocycles. The summed E-state index contributed by atoms with van der Waals surface area (Å²) in [6.45, 7) is 9.55. The molecule has 2 saturated heterocycles. The lowest BCUT2D eigenvalue weighted by Gasteiger charge is -2.25. The van der Waals surface area contributed by atoms with Crippen molar-refractivity contribution >= 4 is 0 Å². The van der Waals surface area contributed by atoms with Crippen LogP contribution in [0.25, 0.3) is 0 Å². The maximum atomic E-state index is 5.55. The number of hydrogen-bond acceptors (Lipinski definition) is 2. The van der Waals surface area contributed by atoms with Crippen molar-refractivity contribution in [2.45, 2.75) is 45.3 Å². The van der Waals surface area contributed by atoms with Crippen molar-refractivity contribution < 1.29 is 4.74 Å². The molecule has 2 aliphatic rings. The Morgan fingerprint density at radius 3 is 2.87 bits per heavy atom. The van der Waals surface area contributed by atoms with E-state index in [9.17, 15) is 0 Å². The topological polar surface area (TPSA) is 15.8 Å². The molecule has 0 aromatic rings. The Bertz CT molecular complexity index is 283. The summed E-state index contributed by atoms with van der Waals surface area (Å²) in [5.74, 6) is 6.99. The predicted molar refractivity (Wildman–Crippen MR) is 61.6 cm³/mol. The second kappa shape index (κ2) is 4.15. The van der Waals surface area contributed by atoms with Gasteiger partial charge in [-0.2, -0.15) is 0 Å². The SMILES string of the molecule is CC(C)C#CCN1CCC[C@H]1[C@]1(C)CO1. The Labute approximate surface area is 93.0 Å². The predicted octanol–water partition coefficient (Wildman–Crippen LogP) is 1.90. The smallest absolute Gasteiger partial charge is 0.104 e. The van der Waals surface area contributed by atoms with E-state index in [-0.39, 0.29) is 5.60 Å². The fraction of sp³-hybridized carbons (Fsp3) is 0.846. The van der Waals surface area contributed by atoms with E-state index >= 15 is 0 Å². The molecule has 15 heavy (non-hydrogen) atoms. The zero-order chi connectivity index (χ0) is 10.9. The quantitative estimate of drug-likeness (QED) is 0.508. The van der Waals surface area contributed by atoms with Gasteiger partial charge in [0.15, 0.2) is 0 Å². The summed E-state index contributed by atoms with van der Waals surface area (Å²) in [5.41, 5.74) is 0.149. The normalized spacial score (nSPS) is 35.3. The van der Waals surface area contributed by atoms with E-state index in [1.165, 1.54) is 19.4 Å². The third-order valence-corrected chi connectivity index (χ3v) is 3.34. The van der Waals surface area contributed by atoms with Crippen LogP contribution < -0.4 is 0 Å². The van der Waals surface area contributed by atoms with E-state index in [0.29, 0.717) is 12.0 Å². The van der Waals surface area contributed by atoms with Gasteiger partial charge in [0, 0.05) is 12.0 Å². The lowest BCUT2D eigenvalue weighted by atomic mass is 10.0. The average Bonchev–Trinajstić information content (AvgIpc) is 2.75. The van der Waals surface area contributed by atoms with Crippen molar-refractivity contribution in [2.75, 3.05) is 19.7 Å². The maximum absolute atomic E-state index is 5.55. The lowest BCUT2D eigenvalue weighted by molar-refractivity contribution is 0.168. The van der Waals surface area contributed by atoms with Crippen LogP contribution in [0.15, 0.2) is 0 Å². The molecule has 2 heterocycles. The fourth-order valence-electron chi connectivity index (χ4n) is 2.36. The number of epoxide rings is 1. The van der Waals surface area contributed by atoms with Gasteiger partial charge in [0.25, 0.3) is 0 Å². The van der Waals surface area contributed by atoms with E-state index < -0.39 is 0 Å². The molecule has 2 atom stereocenters. The first kappa shape index (κ1) is 11.0. The minimum absolute atomic E-state index is 0.149. The molecule has 0 bridgehead atoms. The summed E-state index contributed by atoms with van der Waals surface area (Å²) in [7, 11) is 0. The highest BCUT2D eigenvalue weighted by atomic mass is 16.6. The molecule has 0 amide bonds. The Morgan fingerprint density at radius 1 is 1.53 bits per heavy atom. The van der Waals surface area contributed by atoms with Gasteiger partial charge in [-0.1, -0.05) is 25.7 Å². The summed E-state index contributed by atoms with van der Waals surface area (Å²) in [6, 6.07) is 0.610. The highest BCUT2D eigenvalue weighted by Crippen LogP contribution is 2.38. The molecule has 0 spiro atoms. The van der Waals surface area contributed by atoms with E-state index in [2.05, 4.69) is 37.5 Å². The third-order valence-electron chi connectivity index (χ3n) is 3.34. The Hall–Kier alpha value is -0.520. The number of ether oxygens (including phenoxy) is 1. The van der Waals surface area contributed by atoms with Crippen LogP contribution in [-0.4, -0.2) is 36.2 Å². The highest BCUT2D eigenvalue weighted by molar-refractivity contribution is 5.08. The molecule has 2 rings (SSSR count). The fourth-order valence-corrected chi connectivity index (χ4v) is 2.36. The van der Waals surface area contributed by atoms with Crippen LogP contribution >= 0.6 is 0 Å². The molecule has 0 aromatic heterocycles. The molecule has 0 saturated carbocycles. The van der Waals surface area contributed by atoms with Crippen LogP contribution in [0.5, 0.6) is 0 Å². The minimum Gasteiger partial charge on any atom is -0.368 e. The summed E-state index contributed by atoms with van der Waals surface area (Å²) < 4.78 is 5.55. The van der Waals surface area contributed by atoms with Gasteiger partial charge in [-0.05, 0) is 26.3 Å². The zero-order valence-electron chi connectivity index (χ0n) is 10.0. The summed E-state index contributed by atoms with van der Waals surface area (Å²) in [4.78, 5) is 2.49. The Balaban J connectivity index is 1.89. The van der Waals surface area contributed by atoms with E-state index in [1.807, 2.05) is 0 Å². The maximum Gasteiger partial charge on any atom is 0.104 e. The van der Waals surface area contributed by atoms with Gasteiger partial charge < -0.3 is 4.74 Å². The molecule has 0 unspecified atom stereocenters. The van der Waals surface area contributed by atoms with Crippen molar-refractivity contribution in [3.63, 3.8) is 0 Å². The average molecular weight is 207 g/mol. The van der Waals surface area contributed by atoms with Crippen molar-refractivity contribution in [3.8, 4) is 11.8 Å². The molecule has 84 valence electrons. The molecule has 0 radical (unpaired) electrons. The van der Waals surface area contributed by atoms with Crippen molar-refractivity contribution in [1.29, 1.82) is 0 Å². The second-order valence-corrected chi connectivity index (χ2v) is 5.21. The van der Waals surface area contributed by atoms with Crippen molar-refractivity contribution in [1.82, 2.24) is 4.90 Å². The first-order valence-electron chi connectivity index (χ1n) is 5.98. The van der Waals surface area contributed by atoms with Crippen molar-refractivity contribution in [2.24, 2.45) is 5.92 Å². The van der Waals surface area contributed by atoms with Gasteiger partial charge in [0.1, 0.15) is 5.60 Å². The van der Waals surface area contributed by atoms with Gasteiger partial charge in [0.2, 0.25) is 0 Å². The van der Waals surface area contributed by atoms with Crippen LogP contribution in [0.3, 0.4) is 0 Å². The number of likely N-dealkylation sites (tertiary alicyclic amines) is 1. The summed E-state index contributed by atoms with van der Waals surface area (Å²) >= 11 is 0. The largest absolute Gasteiger partial charge is 0.368 e. The Kier molecular flexibility index (Phi) is 3.04. The molecular weight excluding hydrogens is 186 g/mol. The summed E-state index contributed by atoms with van der Waals surface area (Å²) in [6.07, 6.45) is 2.58. The number of rotatable bonds is 2. The van der Waals surface area contributed by atoms with E-state index in [0.717, 1.165) is 13.2 Å². The second-order valence-electron chi connectivity index (χ2n) is 5.21. The van der Waals surface area contributed by atoms with Crippen LogP contribution in [0.1, 0.15) is 33.6 Å². The number of nitrogens with zero attached hydrogens (tertiary/aromatic N) is 1. The summed E-state index contributed by atoms with van der Waals surface area (Å²) in [5, 5.41) is 0. The van der Waals surface area contributed by atoms with Gasteiger partial charge in [-0.15, -0.1) is 0 Å².